The number of nitrogens with zero attached hydrogens (tertiary/aromatic N) is 2. The predicted octanol–water partition coefficient (Wildman–Crippen LogP) is 4.72. The Labute approximate surface area is 202 Å². The summed E-state index contributed by atoms with van der Waals surface area (Å²) >= 11 is 0. The number of amides is 1. The van der Waals surface area contributed by atoms with Crippen LogP contribution in [0.25, 0.3) is 0 Å². The normalized spacial score (nSPS) is 10.9. The Morgan fingerprint density at radius 3 is 2.20 bits per heavy atom. The first kappa shape index (κ1) is 23.7. The SMILES string of the molecule is CCOc1ccc(NS(=O)(=O)c2cccc(C(=O)Nc3ccc(Oc4ncccn4)cc3)c2)cc1. The van der Waals surface area contributed by atoms with E-state index in [9.17, 15) is 13.2 Å². The number of hydrogen-bond acceptors (Lipinski definition) is 7. The third-order valence-electron chi connectivity index (χ3n) is 4.69. The highest BCUT2D eigenvalue weighted by Gasteiger charge is 2.17. The summed E-state index contributed by atoms with van der Waals surface area (Å²) in [5.41, 5.74) is 1.08. The van der Waals surface area contributed by atoms with E-state index in [0.717, 1.165) is 0 Å². The molecule has 0 saturated heterocycles. The topological polar surface area (TPSA) is 120 Å². The molecule has 1 amide bonds. The number of carbonyl (C=O) groups excluding carboxylic acids is 1. The van der Waals surface area contributed by atoms with Crippen LogP contribution < -0.4 is 19.5 Å². The zero-order valence-corrected chi connectivity index (χ0v) is 19.5. The molecular formula is C25H22N4O5S. The van der Waals surface area contributed by atoms with Crippen molar-refractivity contribution in [1.29, 1.82) is 0 Å². The van der Waals surface area contributed by atoms with Crippen molar-refractivity contribution in [3.05, 3.63) is 96.8 Å². The molecule has 0 aliphatic rings. The zero-order chi connectivity index (χ0) is 24.7. The van der Waals surface area contributed by atoms with Crippen molar-refractivity contribution in [1.82, 2.24) is 9.97 Å². The Hall–Kier alpha value is -4.44. The maximum atomic E-state index is 12.8. The van der Waals surface area contributed by atoms with E-state index in [0.29, 0.717) is 29.5 Å². The summed E-state index contributed by atoms with van der Waals surface area (Å²) < 4.78 is 39.1. The van der Waals surface area contributed by atoms with Gasteiger partial charge in [0.15, 0.2) is 0 Å². The average Bonchev–Trinajstić information content (AvgIpc) is 2.87. The molecule has 35 heavy (non-hydrogen) atoms. The summed E-state index contributed by atoms with van der Waals surface area (Å²) in [6, 6.07) is 20.9. The van der Waals surface area contributed by atoms with Crippen molar-refractivity contribution >= 4 is 27.3 Å². The van der Waals surface area contributed by atoms with E-state index < -0.39 is 15.9 Å². The maximum Gasteiger partial charge on any atom is 0.321 e. The molecule has 9 nitrogen and oxygen atoms in total. The molecule has 0 saturated carbocycles. The van der Waals surface area contributed by atoms with Gasteiger partial charge in [-0.25, -0.2) is 18.4 Å². The lowest BCUT2D eigenvalue weighted by atomic mass is 10.2. The standard InChI is InChI=1S/C25H22N4O5S/c1-2-33-21-11-9-20(10-12-21)29-35(31,32)23-6-3-5-18(17-23)24(30)28-19-7-13-22(14-8-19)34-25-26-15-4-16-27-25/h3-17,29H,2H2,1H3,(H,28,30). The second kappa shape index (κ2) is 10.7. The number of sulfonamides is 1. The lowest BCUT2D eigenvalue weighted by Gasteiger charge is -2.11. The van der Waals surface area contributed by atoms with Crippen LogP contribution in [0.3, 0.4) is 0 Å². The molecule has 0 aliphatic heterocycles. The highest BCUT2D eigenvalue weighted by Crippen LogP contribution is 2.22. The molecule has 0 radical (unpaired) electrons. The smallest absolute Gasteiger partial charge is 0.321 e. The Morgan fingerprint density at radius 1 is 0.857 bits per heavy atom. The number of ether oxygens (including phenoxy) is 2. The van der Waals surface area contributed by atoms with Crippen LogP contribution in [-0.2, 0) is 10.0 Å². The van der Waals surface area contributed by atoms with Crippen LogP contribution in [0.1, 0.15) is 17.3 Å². The van der Waals surface area contributed by atoms with Gasteiger partial charge in [-0.3, -0.25) is 9.52 Å². The first-order valence-electron chi connectivity index (χ1n) is 10.6. The van der Waals surface area contributed by atoms with Crippen molar-refractivity contribution < 1.29 is 22.7 Å². The van der Waals surface area contributed by atoms with Crippen molar-refractivity contribution in [2.45, 2.75) is 11.8 Å². The molecule has 4 rings (SSSR count). The Kier molecular flexibility index (Phi) is 7.22. The number of rotatable bonds is 9. The second-order valence-electron chi connectivity index (χ2n) is 7.20. The lowest BCUT2D eigenvalue weighted by molar-refractivity contribution is 0.102. The molecule has 178 valence electrons. The maximum absolute atomic E-state index is 12.8. The van der Waals surface area contributed by atoms with Gasteiger partial charge >= 0.3 is 6.01 Å². The molecule has 10 heteroatoms. The fourth-order valence-corrected chi connectivity index (χ4v) is 4.16. The Morgan fingerprint density at radius 2 is 1.51 bits per heavy atom. The molecule has 0 aliphatic carbocycles. The fraction of sp³-hybridized carbons (Fsp3) is 0.0800. The third-order valence-corrected chi connectivity index (χ3v) is 6.07. The van der Waals surface area contributed by atoms with Gasteiger partial charge in [-0.05, 0) is 79.7 Å². The van der Waals surface area contributed by atoms with E-state index >= 15 is 0 Å². The highest BCUT2D eigenvalue weighted by molar-refractivity contribution is 7.92. The molecular weight excluding hydrogens is 468 g/mol. The van der Waals surface area contributed by atoms with Gasteiger partial charge in [0.2, 0.25) is 0 Å². The van der Waals surface area contributed by atoms with Gasteiger partial charge in [0, 0.05) is 29.3 Å². The zero-order valence-electron chi connectivity index (χ0n) is 18.7. The number of aromatic nitrogens is 2. The first-order valence-corrected chi connectivity index (χ1v) is 12.1. The van der Waals surface area contributed by atoms with E-state index in [1.54, 1.807) is 67.0 Å². The second-order valence-corrected chi connectivity index (χ2v) is 8.89. The van der Waals surface area contributed by atoms with Crippen LogP contribution in [0, 0.1) is 0 Å². The minimum absolute atomic E-state index is 0.0364. The fourth-order valence-electron chi connectivity index (χ4n) is 3.06. The lowest BCUT2D eigenvalue weighted by Crippen LogP contribution is -2.16. The summed E-state index contributed by atoms with van der Waals surface area (Å²) in [5.74, 6) is 0.688. The summed E-state index contributed by atoms with van der Waals surface area (Å²) in [6.07, 6.45) is 3.14. The van der Waals surface area contributed by atoms with Crippen molar-refractivity contribution in [2.24, 2.45) is 0 Å². The quantitative estimate of drug-likeness (QED) is 0.348. The molecule has 1 aromatic heterocycles. The van der Waals surface area contributed by atoms with Gasteiger partial charge in [0.1, 0.15) is 11.5 Å². The average molecular weight is 491 g/mol. The van der Waals surface area contributed by atoms with Gasteiger partial charge in [0.25, 0.3) is 15.9 Å². The first-order chi connectivity index (χ1) is 16.9. The van der Waals surface area contributed by atoms with Gasteiger partial charge in [-0.2, -0.15) is 0 Å². The van der Waals surface area contributed by atoms with Crippen molar-refractivity contribution in [3.63, 3.8) is 0 Å². The number of benzene rings is 3. The van der Waals surface area contributed by atoms with Crippen LogP contribution in [-0.4, -0.2) is 30.9 Å². The third kappa shape index (κ3) is 6.33. The summed E-state index contributed by atoms with van der Waals surface area (Å²) in [5, 5.41) is 2.74. The molecule has 0 fully saturated rings. The monoisotopic (exact) mass is 490 g/mol. The van der Waals surface area contributed by atoms with Crippen LogP contribution in [0.2, 0.25) is 0 Å². The minimum Gasteiger partial charge on any atom is -0.494 e. The van der Waals surface area contributed by atoms with Crippen molar-refractivity contribution in [3.8, 4) is 17.5 Å². The Bertz CT molecular complexity index is 1390. The summed E-state index contributed by atoms with van der Waals surface area (Å²) in [7, 11) is -3.90. The number of carbonyl (C=O) groups is 1. The molecule has 0 spiro atoms. The highest BCUT2D eigenvalue weighted by atomic mass is 32.2. The molecule has 1 heterocycles. The van der Waals surface area contributed by atoms with Crippen LogP contribution in [0.5, 0.6) is 17.5 Å². The van der Waals surface area contributed by atoms with Crippen LogP contribution in [0.4, 0.5) is 11.4 Å². The van der Waals surface area contributed by atoms with Crippen LogP contribution >= 0.6 is 0 Å². The van der Waals surface area contributed by atoms with Gasteiger partial charge in [0.05, 0.1) is 11.5 Å². The molecule has 0 unspecified atom stereocenters. The van der Waals surface area contributed by atoms with E-state index in [2.05, 4.69) is 20.0 Å². The van der Waals surface area contributed by atoms with Crippen molar-refractivity contribution in [2.75, 3.05) is 16.6 Å². The summed E-state index contributed by atoms with van der Waals surface area (Å²) in [4.78, 5) is 20.7. The number of anilines is 2. The summed E-state index contributed by atoms with van der Waals surface area (Å²) in [6.45, 7) is 2.38. The molecule has 3 aromatic carbocycles. The molecule has 0 bridgehead atoms. The largest absolute Gasteiger partial charge is 0.494 e. The molecule has 2 N–H and O–H groups in total. The van der Waals surface area contributed by atoms with E-state index in [-0.39, 0.29) is 16.5 Å². The minimum atomic E-state index is -3.90. The molecule has 4 aromatic rings. The van der Waals surface area contributed by atoms with Crippen LogP contribution in [0.15, 0.2) is 96.2 Å². The van der Waals surface area contributed by atoms with E-state index in [1.165, 1.54) is 24.3 Å². The molecule has 0 atom stereocenters. The number of nitrogens with one attached hydrogen (secondary N) is 2. The van der Waals surface area contributed by atoms with E-state index in [4.69, 9.17) is 9.47 Å². The predicted molar refractivity (Wildman–Crippen MR) is 131 cm³/mol. The number of hydrogen-bond donors (Lipinski definition) is 2. The van der Waals surface area contributed by atoms with Gasteiger partial charge in [-0.15, -0.1) is 0 Å². The van der Waals surface area contributed by atoms with E-state index in [1.807, 2.05) is 6.92 Å². The van der Waals surface area contributed by atoms with Gasteiger partial charge < -0.3 is 14.8 Å². The Balaban J connectivity index is 1.42. The van der Waals surface area contributed by atoms with Gasteiger partial charge in [-0.1, -0.05) is 6.07 Å².